The molecule has 0 atom stereocenters. The molecular formula is C17H20N2O3S. The van der Waals surface area contributed by atoms with Gasteiger partial charge in [-0.2, -0.15) is 0 Å². The zero-order valence-electron chi connectivity index (χ0n) is 13.0. The summed E-state index contributed by atoms with van der Waals surface area (Å²) >= 11 is 0. The van der Waals surface area contributed by atoms with Gasteiger partial charge in [0.15, 0.2) is 0 Å². The first-order valence-corrected chi connectivity index (χ1v) is 9.08. The molecule has 0 fully saturated rings. The van der Waals surface area contributed by atoms with Gasteiger partial charge in [0.05, 0.1) is 5.75 Å². The molecule has 23 heavy (non-hydrogen) atoms. The number of carbonyl (C=O) groups excluding carboxylic acids is 1. The summed E-state index contributed by atoms with van der Waals surface area (Å²) in [6.07, 6.45) is 0. The molecule has 5 nitrogen and oxygen atoms in total. The summed E-state index contributed by atoms with van der Waals surface area (Å²) in [5.74, 6) is -0.192. The van der Waals surface area contributed by atoms with Crippen molar-refractivity contribution in [3.05, 3.63) is 60.2 Å². The van der Waals surface area contributed by atoms with Crippen LogP contribution in [0, 0.1) is 0 Å². The highest BCUT2D eigenvalue weighted by Crippen LogP contribution is 2.19. The molecule has 2 N–H and O–H groups in total. The van der Waals surface area contributed by atoms with Crippen LogP contribution in [-0.4, -0.2) is 33.2 Å². The Morgan fingerprint density at radius 1 is 0.913 bits per heavy atom. The second-order valence-electron chi connectivity index (χ2n) is 5.00. The summed E-state index contributed by atoms with van der Waals surface area (Å²) in [5.41, 5.74) is 2.68. The largest absolute Gasteiger partial charge is 0.351 e. The van der Waals surface area contributed by atoms with E-state index in [1.165, 1.54) is 0 Å². The molecule has 0 spiro atoms. The molecule has 0 saturated carbocycles. The summed E-state index contributed by atoms with van der Waals surface area (Å²) in [6, 6.07) is 17.2. The zero-order valence-corrected chi connectivity index (χ0v) is 13.8. The van der Waals surface area contributed by atoms with Gasteiger partial charge in [-0.3, -0.25) is 4.79 Å². The Balaban J connectivity index is 1.88. The topological polar surface area (TPSA) is 75.3 Å². The van der Waals surface area contributed by atoms with Crippen LogP contribution in [0.5, 0.6) is 0 Å². The molecule has 0 aliphatic carbocycles. The van der Waals surface area contributed by atoms with Crippen LogP contribution in [0.4, 0.5) is 0 Å². The van der Waals surface area contributed by atoms with Crippen LogP contribution in [0.3, 0.4) is 0 Å². The van der Waals surface area contributed by atoms with Crippen LogP contribution in [-0.2, 0) is 10.0 Å². The molecule has 0 aliphatic rings. The lowest BCUT2D eigenvalue weighted by molar-refractivity contribution is 0.0954. The molecule has 2 rings (SSSR count). The number of hydrogen-bond acceptors (Lipinski definition) is 3. The van der Waals surface area contributed by atoms with Crippen molar-refractivity contribution < 1.29 is 13.2 Å². The first-order valence-electron chi connectivity index (χ1n) is 7.43. The molecule has 0 heterocycles. The van der Waals surface area contributed by atoms with E-state index in [-0.39, 0.29) is 24.7 Å². The van der Waals surface area contributed by atoms with Crippen molar-refractivity contribution in [2.75, 3.05) is 18.8 Å². The Labute approximate surface area is 136 Å². The van der Waals surface area contributed by atoms with E-state index in [9.17, 15) is 13.2 Å². The van der Waals surface area contributed by atoms with Gasteiger partial charge in [0, 0.05) is 18.7 Å². The van der Waals surface area contributed by atoms with E-state index in [4.69, 9.17) is 0 Å². The fourth-order valence-electron chi connectivity index (χ4n) is 2.03. The molecule has 1 amide bonds. The van der Waals surface area contributed by atoms with E-state index in [2.05, 4.69) is 10.0 Å². The normalized spacial score (nSPS) is 11.2. The van der Waals surface area contributed by atoms with Gasteiger partial charge in [0.25, 0.3) is 5.91 Å². The third-order valence-corrected chi connectivity index (χ3v) is 4.77. The van der Waals surface area contributed by atoms with E-state index in [0.717, 1.165) is 11.1 Å². The molecule has 2 aromatic rings. The minimum absolute atomic E-state index is 0.0297. The third kappa shape index (κ3) is 5.19. The molecule has 122 valence electrons. The van der Waals surface area contributed by atoms with Gasteiger partial charge in [-0.05, 0) is 30.2 Å². The minimum Gasteiger partial charge on any atom is -0.351 e. The van der Waals surface area contributed by atoms with E-state index >= 15 is 0 Å². The van der Waals surface area contributed by atoms with Crippen LogP contribution < -0.4 is 10.0 Å². The van der Waals surface area contributed by atoms with Gasteiger partial charge in [0.2, 0.25) is 10.0 Å². The van der Waals surface area contributed by atoms with Crippen LogP contribution in [0.15, 0.2) is 54.6 Å². The molecule has 0 saturated heterocycles. The number of carbonyl (C=O) groups is 1. The fourth-order valence-corrected chi connectivity index (χ4v) is 2.65. The lowest BCUT2D eigenvalue weighted by Gasteiger charge is -2.07. The van der Waals surface area contributed by atoms with E-state index in [1.54, 1.807) is 19.1 Å². The van der Waals surface area contributed by atoms with E-state index in [1.807, 2.05) is 42.5 Å². The Bertz CT molecular complexity index is 741. The number of hydrogen-bond donors (Lipinski definition) is 2. The van der Waals surface area contributed by atoms with Gasteiger partial charge < -0.3 is 5.32 Å². The lowest BCUT2D eigenvalue weighted by atomic mass is 10.0. The smallest absolute Gasteiger partial charge is 0.251 e. The third-order valence-electron chi connectivity index (χ3n) is 3.37. The summed E-state index contributed by atoms with van der Waals surface area (Å²) in [5, 5.41) is 2.69. The molecule has 0 bridgehead atoms. The standard InChI is InChI=1S/C17H20N2O3S/c1-2-23(21,22)19-13-12-18-17(20)16-10-8-15(9-11-16)14-6-4-3-5-7-14/h3-11,19H,2,12-13H2,1H3,(H,18,20). The predicted octanol–water partition coefficient (Wildman–Crippen LogP) is 2.02. The van der Waals surface area contributed by atoms with Gasteiger partial charge >= 0.3 is 0 Å². The van der Waals surface area contributed by atoms with Gasteiger partial charge in [0.1, 0.15) is 0 Å². The van der Waals surface area contributed by atoms with Crippen molar-refractivity contribution in [3.8, 4) is 11.1 Å². The van der Waals surface area contributed by atoms with Crippen molar-refractivity contribution in [1.29, 1.82) is 0 Å². The molecule has 0 aliphatic heterocycles. The maximum absolute atomic E-state index is 12.0. The van der Waals surface area contributed by atoms with E-state index < -0.39 is 10.0 Å². The molecule has 0 unspecified atom stereocenters. The first-order chi connectivity index (χ1) is 11.0. The van der Waals surface area contributed by atoms with Crippen molar-refractivity contribution in [1.82, 2.24) is 10.0 Å². The van der Waals surface area contributed by atoms with Crippen molar-refractivity contribution >= 4 is 15.9 Å². The maximum Gasteiger partial charge on any atom is 0.251 e. The average Bonchev–Trinajstić information content (AvgIpc) is 2.59. The molecule has 0 radical (unpaired) electrons. The molecule has 6 heteroatoms. The van der Waals surface area contributed by atoms with Gasteiger partial charge in [-0.15, -0.1) is 0 Å². The number of rotatable bonds is 7. The maximum atomic E-state index is 12.0. The Morgan fingerprint density at radius 3 is 2.13 bits per heavy atom. The van der Waals surface area contributed by atoms with Crippen molar-refractivity contribution in [3.63, 3.8) is 0 Å². The minimum atomic E-state index is -3.22. The Morgan fingerprint density at radius 2 is 1.52 bits per heavy atom. The highest BCUT2D eigenvalue weighted by Gasteiger charge is 2.07. The Hall–Kier alpha value is -2.18. The zero-order chi connectivity index (χ0) is 16.7. The lowest BCUT2D eigenvalue weighted by Crippen LogP contribution is -2.35. The van der Waals surface area contributed by atoms with Crippen molar-refractivity contribution in [2.45, 2.75) is 6.92 Å². The Kier molecular flexibility index (Phi) is 5.90. The SMILES string of the molecule is CCS(=O)(=O)NCCNC(=O)c1ccc(-c2ccccc2)cc1. The van der Waals surface area contributed by atoms with Crippen molar-refractivity contribution in [2.24, 2.45) is 0 Å². The predicted molar refractivity (Wildman–Crippen MR) is 91.7 cm³/mol. The van der Waals surface area contributed by atoms with E-state index in [0.29, 0.717) is 5.56 Å². The first kappa shape index (κ1) is 17.2. The quantitative estimate of drug-likeness (QED) is 0.762. The molecular weight excluding hydrogens is 312 g/mol. The van der Waals surface area contributed by atoms with Crippen LogP contribution in [0.2, 0.25) is 0 Å². The van der Waals surface area contributed by atoms with Gasteiger partial charge in [-0.25, -0.2) is 13.1 Å². The number of benzene rings is 2. The summed E-state index contributed by atoms with van der Waals surface area (Å²) in [4.78, 5) is 12.0. The highest BCUT2D eigenvalue weighted by atomic mass is 32.2. The second kappa shape index (κ2) is 7.89. The summed E-state index contributed by atoms with van der Waals surface area (Å²) < 4.78 is 24.9. The fraction of sp³-hybridized carbons (Fsp3) is 0.235. The highest BCUT2D eigenvalue weighted by molar-refractivity contribution is 7.89. The number of nitrogens with one attached hydrogen (secondary N) is 2. The second-order valence-corrected chi connectivity index (χ2v) is 7.09. The summed E-state index contributed by atoms with van der Waals surface area (Å²) in [6.45, 7) is 2.00. The van der Waals surface area contributed by atoms with Crippen LogP contribution in [0.25, 0.3) is 11.1 Å². The summed E-state index contributed by atoms with van der Waals surface area (Å²) in [7, 11) is -3.22. The number of sulfonamides is 1. The monoisotopic (exact) mass is 332 g/mol. The number of amides is 1. The van der Waals surface area contributed by atoms with Gasteiger partial charge in [-0.1, -0.05) is 42.5 Å². The van der Waals surface area contributed by atoms with Crippen LogP contribution in [0.1, 0.15) is 17.3 Å². The molecule has 2 aromatic carbocycles. The molecule has 0 aromatic heterocycles. The average molecular weight is 332 g/mol. The van der Waals surface area contributed by atoms with Crippen LogP contribution >= 0.6 is 0 Å².